The van der Waals surface area contributed by atoms with Crippen molar-refractivity contribution in [1.29, 1.82) is 5.26 Å². The molecule has 6 heteroatoms. The molecule has 0 amide bonds. The first kappa shape index (κ1) is 12.8. The molecule has 0 N–H and O–H groups in total. The Morgan fingerprint density at radius 2 is 1.93 bits per heavy atom. The third-order valence-corrected chi connectivity index (χ3v) is 3.69. The summed E-state index contributed by atoms with van der Waals surface area (Å²) in [5.74, 6) is -0.238. The van der Waals surface area contributed by atoms with Crippen LogP contribution in [0.3, 0.4) is 0 Å². The van der Waals surface area contributed by atoms with Gasteiger partial charge >= 0.3 is 0 Å². The number of hydrogen-bond donors (Lipinski definition) is 0. The van der Waals surface area contributed by atoms with Crippen molar-refractivity contribution >= 4 is 19.7 Å². The lowest BCUT2D eigenvalue weighted by Gasteiger charge is -2.30. The van der Waals surface area contributed by atoms with E-state index in [4.69, 9.17) is 20.7 Å². The second kappa shape index (κ2) is 5.15. The number of hydrogen-bond acceptors (Lipinski definition) is 4. The molecular weight excluding hydrogens is 238 g/mol. The molecule has 4 nitrogen and oxygen atoms in total. The summed E-state index contributed by atoms with van der Waals surface area (Å²) < 4.78 is 26.7. The van der Waals surface area contributed by atoms with E-state index < -0.39 is 14.7 Å². The second-order valence-corrected chi connectivity index (χ2v) is 6.65. The highest BCUT2D eigenvalue weighted by molar-refractivity contribution is 8.13. The van der Waals surface area contributed by atoms with Crippen molar-refractivity contribution in [2.75, 3.05) is 12.4 Å². The molecule has 1 fully saturated rings. The Bertz CT molecular complexity index is 341. The third-order valence-electron chi connectivity index (χ3n) is 2.57. The Labute approximate surface area is 94.6 Å². The summed E-state index contributed by atoms with van der Waals surface area (Å²) in [5, 5.41) is 9.01. The van der Waals surface area contributed by atoms with Gasteiger partial charge < -0.3 is 4.74 Å². The van der Waals surface area contributed by atoms with E-state index in [1.165, 1.54) is 0 Å². The van der Waals surface area contributed by atoms with E-state index in [2.05, 4.69) is 6.07 Å². The first-order chi connectivity index (χ1) is 6.97. The van der Waals surface area contributed by atoms with E-state index in [-0.39, 0.29) is 12.4 Å². The summed E-state index contributed by atoms with van der Waals surface area (Å²) in [6, 6.07) is 2.14. The van der Waals surface area contributed by atoms with Gasteiger partial charge in [-0.3, -0.25) is 0 Å². The third kappa shape index (κ3) is 4.37. The van der Waals surface area contributed by atoms with Crippen LogP contribution in [0.2, 0.25) is 0 Å². The molecule has 0 radical (unpaired) electrons. The van der Waals surface area contributed by atoms with E-state index in [0.29, 0.717) is 12.8 Å². The number of ether oxygens (including phenoxy) is 1. The molecule has 0 aliphatic heterocycles. The molecular formula is C9H14ClNO3S. The molecule has 0 heterocycles. The van der Waals surface area contributed by atoms with Gasteiger partial charge in [0, 0.05) is 10.7 Å². The molecule has 15 heavy (non-hydrogen) atoms. The van der Waals surface area contributed by atoms with Crippen LogP contribution in [0.1, 0.15) is 32.1 Å². The Balaban J connectivity index is 2.44. The lowest BCUT2D eigenvalue weighted by Crippen LogP contribution is -2.34. The molecule has 0 aromatic heterocycles. The highest BCUT2D eigenvalue weighted by atomic mass is 35.7. The largest absolute Gasteiger partial charge is 0.359 e. The number of nitrogens with zero attached hydrogens (tertiary/aromatic N) is 1. The van der Waals surface area contributed by atoms with E-state index in [1.807, 2.05) is 0 Å². The van der Waals surface area contributed by atoms with Crippen molar-refractivity contribution in [3.05, 3.63) is 0 Å². The van der Waals surface area contributed by atoms with Gasteiger partial charge in [0.25, 0.3) is 0 Å². The quantitative estimate of drug-likeness (QED) is 0.715. The highest BCUT2D eigenvalue weighted by Crippen LogP contribution is 2.30. The maximum absolute atomic E-state index is 10.7. The fourth-order valence-corrected chi connectivity index (χ4v) is 2.22. The zero-order valence-electron chi connectivity index (χ0n) is 8.41. The van der Waals surface area contributed by atoms with Gasteiger partial charge in [0.1, 0.15) is 0 Å². The number of halogens is 1. The minimum absolute atomic E-state index is 0.000602. The van der Waals surface area contributed by atoms with E-state index in [9.17, 15) is 8.42 Å². The van der Waals surface area contributed by atoms with Crippen molar-refractivity contribution in [3.63, 3.8) is 0 Å². The maximum atomic E-state index is 10.7. The monoisotopic (exact) mass is 251 g/mol. The van der Waals surface area contributed by atoms with Crippen molar-refractivity contribution < 1.29 is 13.2 Å². The average molecular weight is 252 g/mol. The summed E-state index contributed by atoms with van der Waals surface area (Å²) in [6.45, 7) is -0.000602. The van der Waals surface area contributed by atoms with Gasteiger partial charge in [0.05, 0.1) is 18.4 Å². The van der Waals surface area contributed by atoms with Gasteiger partial charge in [-0.15, -0.1) is 0 Å². The molecule has 1 aliphatic carbocycles. The van der Waals surface area contributed by atoms with Crippen molar-refractivity contribution in [3.8, 4) is 6.07 Å². The molecule has 86 valence electrons. The van der Waals surface area contributed by atoms with Crippen LogP contribution >= 0.6 is 10.7 Å². The van der Waals surface area contributed by atoms with Gasteiger partial charge in [-0.2, -0.15) is 5.26 Å². The summed E-state index contributed by atoms with van der Waals surface area (Å²) in [5.41, 5.74) is -0.778. The SMILES string of the molecule is N#CC1(OCCS(=O)(=O)Cl)CCCCC1. The minimum atomic E-state index is -3.52. The molecule has 0 aromatic carbocycles. The Hall–Kier alpha value is -0.310. The van der Waals surface area contributed by atoms with Crippen LogP contribution in [0.25, 0.3) is 0 Å². The number of rotatable bonds is 4. The fourth-order valence-electron chi connectivity index (χ4n) is 1.75. The zero-order valence-corrected chi connectivity index (χ0v) is 9.98. The molecule has 1 rings (SSSR count). The predicted octanol–water partition coefficient (Wildman–Crippen LogP) is 1.80. The van der Waals surface area contributed by atoms with Gasteiger partial charge in [-0.05, 0) is 25.7 Å². The fraction of sp³-hybridized carbons (Fsp3) is 0.889. The van der Waals surface area contributed by atoms with Gasteiger partial charge in [0.15, 0.2) is 5.60 Å². The van der Waals surface area contributed by atoms with Gasteiger partial charge in [-0.1, -0.05) is 6.42 Å². The van der Waals surface area contributed by atoms with Crippen LogP contribution in [0.15, 0.2) is 0 Å². The standard InChI is InChI=1S/C9H14ClNO3S/c10-15(12,13)7-6-14-9(8-11)4-2-1-3-5-9/h1-7H2. The smallest absolute Gasteiger partial charge is 0.234 e. The Morgan fingerprint density at radius 1 is 1.33 bits per heavy atom. The second-order valence-electron chi connectivity index (χ2n) is 3.76. The predicted molar refractivity (Wildman–Crippen MR) is 57.0 cm³/mol. The molecule has 0 atom stereocenters. The molecule has 1 aliphatic rings. The van der Waals surface area contributed by atoms with Crippen LogP contribution in [0.4, 0.5) is 0 Å². The van der Waals surface area contributed by atoms with E-state index in [1.54, 1.807) is 0 Å². The topological polar surface area (TPSA) is 67.2 Å². The normalized spacial score (nSPS) is 20.8. The van der Waals surface area contributed by atoms with Crippen LogP contribution < -0.4 is 0 Å². The highest BCUT2D eigenvalue weighted by Gasteiger charge is 2.33. The summed E-state index contributed by atoms with van der Waals surface area (Å²) in [7, 11) is 1.53. The van der Waals surface area contributed by atoms with Crippen molar-refractivity contribution in [2.24, 2.45) is 0 Å². The van der Waals surface area contributed by atoms with Crippen LogP contribution in [-0.2, 0) is 13.8 Å². The average Bonchev–Trinajstić information content (AvgIpc) is 2.17. The van der Waals surface area contributed by atoms with Gasteiger partial charge in [0.2, 0.25) is 9.05 Å². The van der Waals surface area contributed by atoms with E-state index in [0.717, 1.165) is 19.3 Å². The van der Waals surface area contributed by atoms with Gasteiger partial charge in [-0.25, -0.2) is 8.42 Å². The van der Waals surface area contributed by atoms with Crippen LogP contribution in [0, 0.1) is 11.3 Å². The van der Waals surface area contributed by atoms with Crippen molar-refractivity contribution in [2.45, 2.75) is 37.7 Å². The first-order valence-electron chi connectivity index (χ1n) is 4.95. The van der Waals surface area contributed by atoms with Crippen molar-refractivity contribution in [1.82, 2.24) is 0 Å². The Kier molecular flexibility index (Phi) is 4.38. The first-order valence-corrected chi connectivity index (χ1v) is 7.43. The number of nitriles is 1. The minimum Gasteiger partial charge on any atom is -0.359 e. The molecule has 0 bridgehead atoms. The van der Waals surface area contributed by atoms with E-state index >= 15 is 0 Å². The molecule has 0 unspecified atom stereocenters. The maximum Gasteiger partial charge on any atom is 0.234 e. The molecule has 0 spiro atoms. The van der Waals surface area contributed by atoms with Crippen LogP contribution in [-0.4, -0.2) is 26.4 Å². The summed E-state index contributed by atoms with van der Waals surface area (Å²) in [6.07, 6.45) is 4.40. The molecule has 1 saturated carbocycles. The lowest BCUT2D eigenvalue weighted by atomic mass is 9.86. The Morgan fingerprint density at radius 3 is 2.40 bits per heavy atom. The zero-order chi connectivity index (χ0) is 11.4. The summed E-state index contributed by atoms with van der Waals surface area (Å²) >= 11 is 0. The summed E-state index contributed by atoms with van der Waals surface area (Å²) in [4.78, 5) is 0. The molecule has 0 aromatic rings. The molecule has 0 saturated heterocycles. The lowest BCUT2D eigenvalue weighted by molar-refractivity contribution is -0.0195. The van der Waals surface area contributed by atoms with Crippen LogP contribution in [0.5, 0.6) is 0 Å².